The molecule has 7 heteroatoms. The first-order valence-electron chi connectivity index (χ1n) is 10.9. The Morgan fingerprint density at radius 2 is 1.93 bits per heavy atom. The maximum Gasteiger partial charge on any atom is 0.317 e. The maximum absolute atomic E-state index is 11.8. The van der Waals surface area contributed by atoms with Crippen molar-refractivity contribution in [1.29, 1.82) is 0 Å². The number of aromatic nitrogens is 1. The van der Waals surface area contributed by atoms with E-state index >= 15 is 0 Å². The third-order valence-electron chi connectivity index (χ3n) is 6.51. The lowest BCUT2D eigenvalue weighted by Gasteiger charge is -2.37. The van der Waals surface area contributed by atoms with Crippen LogP contribution in [0.25, 0.3) is 11.0 Å². The van der Waals surface area contributed by atoms with Crippen LogP contribution in [0.2, 0.25) is 0 Å². The number of urea groups is 1. The minimum atomic E-state index is 0.0359. The first-order chi connectivity index (χ1) is 14.1. The predicted molar refractivity (Wildman–Crippen MR) is 115 cm³/mol. The Labute approximate surface area is 173 Å². The molecule has 2 fully saturated rings. The van der Waals surface area contributed by atoms with Crippen LogP contribution >= 0.6 is 0 Å². The van der Waals surface area contributed by atoms with Crippen LogP contribution in [0.3, 0.4) is 0 Å². The number of hydrogen-bond acceptors (Lipinski definition) is 5. The second-order valence-corrected chi connectivity index (χ2v) is 8.73. The Morgan fingerprint density at radius 3 is 2.66 bits per heavy atom. The van der Waals surface area contributed by atoms with Gasteiger partial charge in [-0.1, -0.05) is 5.16 Å². The number of rotatable bonds is 5. The van der Waals surface area contributed by atoms with Gasteiger partial charge in [-0.2, -0.15) is 0 Å². The Hall–Kier alpha value is -2.28. The van der Waals surface area contributed by atoms with Gasteiger partial charge in [0.25, 0.3) is 0 Å². The fourth-order valence-corrected chi connectivity index (χ4v) is 4.54. The summed E-state index contributed by atoms with van der Waals surface area (Å²) in [5.41, 5.74) is 2.09. The molecule has 2 aromatic rings. The number of amides is 2. The van der Waals surface area contributed by atoms with Gasteiger partial charge in [0.2, 0.25) is 0 Å². The summed E-state index contributed by atoms with van der Waals surface area (Å²) in [7, 11) is 3.60. The van der Waals surface area contributed by atoms with Crippen molar-refractivity contribution < 1.29 is 9.32 Å². The van der Waals surface area contributed by atoms with Crippen LogP contribution in [0.4, 0.5) is 10.5 Å². The molecule has 7 nitrogen and oxygen atoms in total. The van der Waals surface area contributed by atoms with E-state index in [0.29, 0.717) is 6.04 Å². The van der Waals surface area contributed by atoms with Gasteiger partial charge in [0.05, 0.1) is 6.20 Å². The minimum absolute atomic E-state index is 0.0359. The van der Waals surface area contributed by atoms with Crippen LogP contribution in [-0.2, 0) is 0 Å². The van der Waals surface area contributed by atoms with E-state index in [1.54, 1.807) is 25.2 Å². The molecule has 1 saturated carbocycles. The molecular formula is C22H33N5O2. The summed E-state index contributed by atoms with van der Waals surface area (Å²) in [4.78, 5) is 18.5. The highest BCUT2D eigenvalue weighted by Crippen LogP contribution is 2.28. The first kappa shape index (κ1) is 20.0. The van der Waals surface area contributed by atoms with Crippen LogP contribution in [0, 0.1) is 5.92 Å². The molecule has 2 heterocycles. The highest BCUT2D eigenvalue weighted by atomic mass is 16.5. The lowest BCUT2D eigenvalue weighted by Crippen LogP contribution is -2.47. The fourth-order valence-electron chi connectivity index (χ4n) is 4.54. The average Bonchev–Trinajstić information content (AvgIpc) is 3.21. The number of piperazine rings is 1. The number of anilines is 1. The Balaban J connectivity index is 1.16. The molecule has 1 N–H and O–H groups in total. The smallest absolute Gasteiger partial charge is 0.317 e. The maximum atomic E-state index is 11.8. The molecule has 29 heavy (non-hydrogen) atoms. The van der Waals surface area contributed by atoms with Crippen molar-refractivity contribution in [2.45, 2.75) is 38.1 Å². The first-order valence-corrected chi connectivity index (χ1v) is 10.9. The number of nitrogens with zero attached hydrogens (tertiary/aromatic N) is 4. The molecule has 0 radical (unpaired) electrons. The van der Waals surface area contributed by atoms with Crippen LogP contribution < -0.4 is 10.2 Å². The van der Waals surface area contributed by atoms with Gasteiger partial charge in [0.1, 0.15) is 0 Å². The van der Waals surface area contributed by atoms with Crippen LogP contribution in [-0.4, -0.2) is 73.8 Å². The topological polar surface area (TPSA) is 64.9 Å². The number of nitrogens with one attached hydrogen (secondary N) is 1. The number of hydrogen-bond donors (Lipinski definition) is 1. The van der Waals surface area contributed by atoms with Gasteiger partial charge in [0.15, 0.2) is 5.58 Å². The molecular weight excluding hydrogens is 366 g/mol. The second-order valence-electron chi connectivity index (χ2n) is 8.73. The summed E-state index contributed by atoms with van der Waals surface area (Å²) in [6.07, 6.45) is 7.73. The summed E-state index contributed by atoms with van der Waals surface area (Å²) in [6, 6.07) is 6.75. The van der Waals surface area contributed by atoms with E-state index in [4.69, 9.17) is 4.52 Å². The summed E-state index contributed by atoms with van der Waals surface area (Å²) in [5, 5.41) is 8.06. The largest absolute Gasteiger partial charge is 0.369 e. The van der Waals surface area contributed by atoms with E-state index in [1.807, 2.05) is 0 Å². The highest BCUT2D eigenvalue weighted by molar-refractivity contribution is 5.80. The standard InChI is InChI=1S/C22H33N5O2/c1-25(2)22(28)24-19-6-3-17(4-7-19)9-10-26-11-13-27(14-12-26)20-8-5-18-16-23-29-21(18)15-20/h5,8,15-17,19H,3-4,6-7,9-14H2,1-2H3,(H,24,28). The molecule has 1 aliphatic heterocycles. The predicted octanol–water partition coefficient (Wildman–Crippen LogP) is 3.17. The summed E-state index contributed by atoms with van der Waals surface area (Å²) in [5.74, 6) is 0.800. The van der Waals surface area contributed by atoms with Gasteiger partial charge in [-0.05, 0) is 56.7 Å². The van der Waals surface area contributed by atoms with Gasteiger partial charge < -0.3 is 19.6 Å². The van der Waals surface area contributed by atoms with E-state index in [9.17, 15) is 4.79 Å². The third kappa shape index (κ3) is 5.01. The lowest BCUT2D eigenvalue weighted by atomic mass is 9.84. The van der Waals surface area contributed by atoms with Gasteiger partial charge in [0, 0.05) is 63.5 Å². The Morgan fingerprint density at radius 1 is 1.17 bits per heavy atom. The second kappa shape index (κ2) is 9.03. The normalized spacial score (nSPS) is 23.3. The summed E-state index contributed by atoms with van der Waals surface area (Å²) >= 11 is 0. The zero-order chi connectivity index (χ0) is 20.2. The monoisotopic (exact) mass is 399 g/mol. The van der Waals surface area contributed by atoms with Crippen LogP contribution in [0.15, 0.2) is 28.9 Å². The molecule has 1 aliphatic carbocycles. The summed E-state index contributed by atoms with van der Waals surface area (Å²) in [6.45, 7) is 5.53. The van der Waals surface area contributed by atoms with Crippen molar-refractivity contribution in [1.82, 2.24) is 20.3 Å². The van der Waals surface area contributed by atoms with Crippen LogP contribution in [0.1, 0.15) is 32.1 Å². The molecule has 2 aliphatic rings. The molecule has 1 aromatic heterocycles. The van der Waals surface area contributed by atoms with Gasteiger partial charge in [-0.15, -0.1) is 0 Å². The van der Waals surface area contributed by atoms with Crippen molar-refractivity contribution in [3.63, 3.8) is 0 Å². The van der Waals surface area contributed by atoms with E-state index in [1.165, 1.54) is 31.5 Å². The lowest BCUT2D eigenvalue weighted by molar-refractivity contribution is 0.194. The quantitative estimate of drug-likeness (QED) is 0.837. The molecule has 1 aromatic carbocycles. The van der Waals surface area contributed by atoms with Gasteiger partial charge in [-0.25, -0.2) is 4.79 Å². The van der Waals surface area contributed by atoms with Crippen LogP contribution in [0.5, 0.6) is 0 Å². The fraction of sp³-hybridized carbons (Fsp3) is 0.636. The molecule has 0 atom stereocenters. The van der Waals surface area contributed by atoms with Crippen molar-refractivity contribution in [3.05, 3.63) is 24.4 Å². The molecule has 0 bridgehead atoms. The number of fused-ring (bicyclic) bond motifs is 1. The highest BCUT2D eigenvalue weighted by Gasteiger charge is 2.24. The van der Waals surface area contributed by atoms with Crippen molar-refractivity contribution >= 4 is 22.7 Å². The van der Waals surface area contributed by atoms with Crippen molar-refractivity contribution in [3.8, 4) is 0 Å². The average molecular weight is 400 g/mol. The molecule has 2 amide bonds. The van der Waals surface area contributed by atoms with Gasteiger partial charge >= 0.3 is 6.03 Å². The van der Waals surface area contributed by atoms with Crippen molar-refractivity contribution in [2.24, 2.45) is 5.92 Å². The molecule has 4 rings (SSSR count). The zero-order valence-corrected chi connectivity index (χ0v) is 17.6. The van der Waals surface area contributed by atoms with Gasteiger partial charge in [-0.3, -0.25) is 4.90 Å². The molecule has 1 saturated heterocycles. The number of benzene rings is 1. The minimum Gasteiger partial charge on any atom is -0.369 e. The third-order valence-corrected chi connectivity index (χ3v) is 6.51. The zero-order valence-electron chi connectivity index (χ0n) is 17.6. The molecule has 0 unspecified atom stereocenters. The number of carbonyl (C=O) groups is 1. The molecule has 0 spiro atoms. The Bertz CT molecular complexity index is 804. The van der Waals surface area contributed by atoms with E-state index < -0.39 is 0 Å². The number of carbonyl (C=O) groups excluding carboxylic acids is 1. The SMILES string of the molecule is CN(C)C(=O)NC1CCC(CCN2CCN(c3ccc4cnoc4c3)CC2)CC1. The Kier molecular flexibility index (Phi) is 6.23. The summed E-state index contributed by atoms with van der Waals surface area (Å²) < 4.78 is 5.30. The molecule has 158 valence electrons. The van der Waals surface area contributed by atoms with Crippen molar-refractivity contribution in [2.75, 3.05) is 51.7 Å². The van der Waals surface area contributed by atoms with E-state index in [0.717, 1.165) is 55.9 Å². The van der Waals surface area contributed by atoms with E-state index in [-0.39, 0.29) is 6.03 Å². The van der Waals surface area contributed by atoms with E-state index in [2.05, 4.69) is 38.5 Å².